The van der Waals surface area contributed by atoms with E-state index in [2.05, 4.69) is 5.16 Å². The monoisotopic (exact) mass is 373 g/mol. The maximum atomic E-state index is 13.8. The second kappa shape index (κ2) is 5.94. The molecule has 23 heavy (non-hydrogen) atoms. The van der Waals surface area contributed by atoms with E-state index in [1.807, 2.05) is 0 Å². The number of oxime groups is 1. The fourth-order valence-corrected chi connectivity index (χ4v) is 3.59. The Hall–Kier alpha value is -1.35. The standard InChI is InChI=1S/C13H12ClF4NO3S/c1-6-9(15)11(17)7(12(18)10(6)16)4-23(20,21)8-3-13(2,5-14)22-19-8/h3-5H2,1-2H3. The fraction of sp³-hybridized carbons (Fsp3) is 0.462. The van der Waals surface area contributed by atoms with E-state index in [0.717, 1.165) is 6.92 Å². The molecule has 1 heterocycles. The molecule has 0 bridgehead atoms. The van der Waals surface area contributed by atoms with Crippen LogP contribution in [-0.2, 0) is 20.4 Å². The third-order valence-electron chi connectivity index (χ3n) is 3.44. The van der Waals surface area contributed by atoms with Crippen molar-refractivity contribution in [3.8, 4) is 0 Å². The zero-order valence-corrected chi connectivity index (χ0v) is 13.7. The van der Waals surface area contributed by atoms with Crippen LogP contribution in [0.5, 0.6) is 0 Å². The highest BCUT2D eigenvalue weighted by Gasteiger charge is 2.40. The van der Waals surface area contributed by atoms with Gasteiger partial charge in [0.15, 0.2) is 43.8 Å². The molecule has 1 atom stereocenters. The van der Waals surface area contributed by atoms with Crippen LogP contribution in [0.25, 0.3) is 0 Å². The van der Waals surface area contributed by atoms with E-state index in [4.69, 9.17) is 16.4 Å². The molecule has 0 saturated heterocycles. The molecular formula is C13H12ClF4NO3S. The molecule has 1 aromatic carbocycles. The van der Waals surface area contributed by atoms with Crippen molar-refractivity contribution < 1.29 is 30.8 Å². The largest absolute Gasteiger partial charge is 0.387 e. The summed E-state index contributed by atoms with van der Waals surface area (Å²) in [6.07, 6.45) is -0.209. The van der Waals surface area contributed by atoms with Crippen molar-refractivity contribution in [1.82, 2.24) is 0 Å². The van der Waals surface area contributed by atoms with Gasteiger partial charge in [0.05, 0.1) is 11.6 Å². The molecule has 1 unspecified atom stereocenters. The Labute approximate surface area is 135 Å². The average molecular weight is 374 g/mol. The quantitative estimate of drug-likeness (QED) is 0.464. The Morgan fingerprint density at radius 2 is 1.70 bits per heavy atom. The molecule has 0 N–H and O–H groups in total. The first-order chi connectivity index (χ1) is 10.5. The van der Waals surface area contributed by atoms with Crippen molar-refractivity contribution >= 4 is 26.5 Å². The van der Waals surface area contributed by atoms with Gasteiger partial charge in [-0.05, 0) is 13.8 Å². The van der Waals surface area contributed by atoms with Gasteiger partial charge in [-0.2, -0.15) is 0 Å². The summed E-state index contributed by atoms with van der Waals surface area (Å²) in [5.74, 6) is -8.10. The second-order valence-electron chi connectivity index (χ2n) is 5.46. The van der Waals surface area contributed by atoms with Gasteiger partial charge in [0, 0.05) is 17.5 Å². The third kappa shape index (κ3) is 3.16. The first-order valence-corrected chi connectivity index (χ1v) is 8.56. The van der Waals surface area contributed by atoms with Crippen LogP contribution in [0.4, 0.5) is 17.6 Å². The Morgan fingerprint density at radius 3 is 2.13 bits per heavy atom. The van der Waals surface area contributed by atoms with Crippen LogP contribution in [0.1, 0.15) is 24.5 Å². The lowest BCUT2D eigenvalue weighted by Gasteiger charge is -2.16. The smallest absolute Gasteiger partial charge is 0.199 e. The highest BCUT2D eigenvalue weighted by molar-refractivity contribution is 8.05. The molecule has 0 aliphatic carbocycles. The summed E-state index contributed by atoms with van der Waals surface area (Å²) < 4.78 is 79.0. The van der Waals surface area contributed by atoms with Crippen LogP contribution < -0.4 is 0 Å². The van der Waals surface area contributed by atoms with E-state index in [-0.39, 0.29) is 12.3 Å². The normalized spacial score (nSPS) is 21.3. The maximum absolute atomic E-state index is 13.8. The first-order valence-electron chi connectivity index (χ1n) is 6.37. The van der Waals surface area contributed by atoms with E-state index < -0.39 is 60.6 Å². The molecule has 0 aromatic heterocycles. The summed E-state index contributed by atoms with van der Waals surface area (Å²) in [6.45, 7) is 2.34. The summed E-state index contributed by atoms with van der Waals surface area (Å²) in [5, 5.41) is 2.88. The minimum absolute atomic E-state index is 0.0635. The van der Waals surface area contributed by atoms with Crippen LogP contribution in [0.15, 0.2) is 5.16 Å². The highest BCUT2D eigenvalue weighted by atomic mass is 35.5. The predicted molar refractivity (Wildman–Crippen MR) is 75.9 cm³/mol. The number of nitrogens with zero attached hydrogens (tertiary/aromatic N) is 1. The first kappa shape index (κ1) is 18.0. The molecule has 0 spiro atoms. The van der Waals surface area contributed by atoms with Gasteiger partial charge in [0.1, 0.15) is 0 Å². The van der Waals surface area contributed by atoms with Crippen molar-refractivity contribution in [1.29, 1.82) is 0 Å². The Bertz CT molecular complexity index is 768. The molecule has 0 fully saturated rings. The number of hydrogen-bond acceptors (Lipinski definition) is 4. The molecule has 1 aromatic rings. The maximum Gasteiger partial charge on any atom is 0.199 e. The van der Waals surface area contributed by atoms with Gasteiger partial charge in [-0.1, -0.05) is 5.16 Å². The van der Waals surface area contributed by atoms with Crippen molar-refractivity contribution in [2.24, 2.45) is 5.16 Å². The molecule has 1 aliphatic rings. The molecule has 2 rings (SSSR count). The van der Waals surface area contributed by atoms with Gasteiger partial charge >= 0.3 is 0 Å². The van der Waals surface area contributed by atoms with Crippen molar-refractivity contribution in [2.45, 2.75) is 31.6 Å². The number of halogens is 5. The summed E-state index contributed by atoms with van der Waals surface area (Å²) in [4.78, 5) is 4.89. The van der Waals surface area contributed by atoms with Crippen molar-refractivity contribution in [3.63, 3.8) is 0 Å². The van der Waals surface area contributed by atoms with Crippen molar-refractivity contribution in [2.75, 3.05) is 5.88 Å². The van der Waals surface area contributed by atoms with Gasteiger partial charge in [-0.25, -0.2) is 26.0 Å². The topological polar surface area (TPSA) is 55.7 Å². The second-order valence-corrected chi connectivity index (χ2v) is 7.71. The minimum Gasteiger partial charge on any atom is -0.387 e. The molecule has 128 valence electrons. The predicted octanol–water partition coefficient (Wildman–Crippen LogP) is 3.20. The zero-order chi connectivity index (χ0) is 17.6. The molecule has 0 amide bonds. The van der Waals surface area contributed by atoms with E-state index in [0.29, 0.717) is 0 Å². The summed E-state index contributed by atoms with van der Waals surface area (Å²) in [5.41, 5.74) is -3.14. The van der Waals surface area contributed by atoms with Gasteiger partial charge in [0.2, 0.25) is 0 Å². The molecule has 0 saturated carbocycles. The summed E-state index contributed by atoms with van der Waals surface area (Å²) in [7, 11) is -4.33. The van der Waals surface area contributed by atoms with E-state index in [1.54, 1.807) is 0 Å². The molecule has 1 aliphatic heterocycles. The molecule has 10 heteroatoms. The van der Waals surface area contributed by atoms with Crippen LogP contribution in [0.2, 0.25) is 0 Å². The van der Waals surface area contributed by atoms with Gasteiger partial charge in [0.25, 0.3) is 0 Å². The summed E-state index contributed by atoms with van der Waals surface area (Å²) in [6, 6.07) is 0. The zero-order valence-electron chi connectivity index (χ0n) is 12.1. The van der Waals surface area contributed by atoms with E-state index in [1.165, 1.54) is 6.92 Å². The number of benzene rings is 1. The van der Waals surface area contributed by atoms with Crippen LogP contribution in [0, 0.1) is 30.2 Å². The van der Waals surface area contributed by atoms with Crippen LogP contribution >= 0.6 is 11.6 Å². The SMILES string of the molecule is Cc1c(F)c(F)c(CS(=O)(=O)C2=NOC(C)(CCl)C2)c(F)c1F. The Kier molecular flexibility index (Phi) is 4.64. The molecule has 4 nitrogen and oxygen atoms in total. The van der Waals surface area contributed by atoms with Gasteiger partial charge in [-0.15, -0.1) is 11.6 Å². The minimum atomic E-state index is -4.33. The third-order valence-corrected chi connectivity index (χ3v) is 5.61. The highest BCUT2D eigenvalue weighted by Crippen LogP contribution is 2.30. The summed E-state index contributed by atoms with van der Waals surface area (Å²) >= 11 is 5.62. The van der Waals surface area contributed by atoms with E-state index >= 15 is 0 Å². The van der Waals surface area contributed by atoms with Gasteiger partial charge in [-0.3, -0.25) is 0 Å². The lowest BCUT2D eigenvalue weighted by molar-refractivity contribution is 0.0152. The number of rotatable bonds is 3. The average Bonchev–Trinajstić information content (AvgIpc) is 2.92. The van der Waals surface area contributed by atoms with Crippen LogP contribution in [0.3, 0.4) is 0 Å². The number of alkyl halides is 1. The lowest BCUT2D eigenvalue weighted by atomic mass is 10.1. The Morgan fingerprint density at radius 1 is 1.17 bits per heavy atom. The number of hydrogen-bond donors (Lipinski definition) is 0. The van der Waals surface area contributed by atoms with Crippen molar-refractivity contribution in [3.05, 3.63) is 34.4 Å². The molecule has 0 radical (unpaired) electrons. The number of sulfone groups is 1. The Balaban J connectivity index is 2.40. The fourth-order valence-electron chi connectivity index (χ4n) is 1.97. The van der Waals surface area contributed by atoms with E-state index in [9.17, 15) is 26.0 Å². The molecular weight excluding hydrogens is 362 g/mol. The van der Waals surface area contributed by atoms with Crippen LogP contribution in [-0.4, -0.2) is 24.9 Å². The van der Waals surface area contributed by atoms with Gasteiger partial charge < -0.3 is 4.84 Å². The lowest BCUT2D eigenvalue weighted by Crippen LogP contribution is -2.29.